The number of benzene rings is 3. The Kier molecular flexibility index (Phi) is 17.5. The van der Waals surface area contributed by atoms with Crippen LogP contribution in [0.3, 0.4) is 0 Å². The molecule has 66 heavy (non-hydrogen) atoms. The smallest absolute Gasteiger partial charge is 0.345 e. The van der Waals surface area contributed by atoms with Gasteiger partial charge >= 0.3 is 11.9 Å². The maximum atomic E-state index is 14.1. The SMILES string of the molecule is Cc1cc(C(=O)NCCC[N+](C)(CCCNC(=O)CCCC(=O)ON2C(=O)CCC2=O)CCCS(=O)(=O)O)cc(C)c1OC(=O)c1c2ccccc2[n+](CCCS(=O)(=O)O)c2ccccc12. The fourth-order valence-electron chi connectivity index (χ4n) is 8.07. The van der Waals surface area contributed by atoms with E-state index in [4.69, 9.17) is 9.57 Å². The fraction of sp³-hybridized carbons (Fsp3) is 0.444. The number of carbonyl (C=O) groups excluding carboxylic acids is 6. The number of nitrogens with zero attached hydrogens (tertiary/aromatic N) is 3. The number of carbonyl (C=O) groups is 6. The quantitative estimate of drug-likeness (QED) is 0.0115. The first kappa shape index (κ1) is 51.1. The average molecular weight is 956 g/mol. The molecule has 0 spiro atoms. The van der Waals surface area contributed by atoms with E-state index in [1.165, 1.54) is 0 Å². The van der Waals surface area contributed by atoms with Crippen molar-refractivity contribution in [3.8, 4) is 5.75 Å². The Morgan fingerprint density at radius 3 is 1.80 bits per heavy atom. The van der Waals surface area contributed by atoms with E-state index in [1.54, 1.807) is 50.2 Å². The van der Waals surface area contributed by atoms with Crippen LogP contribution in [0.1, 0.15) is 89.6 Å². The molecule has 1 aliphatic rings. The number of rotatable bonds is 24. The molecule has 3 aromatic carbocycles. The lowest BCUT2D eigenvalue weighted by atomic mass is 10.0. The topological polar surface area (TPSA) is 261 Å². The molecule has 5 rings (SSSR count). The number of ether oxygens (including phenoxy) is 1. The number of esters is 1. The molecule has 1 saturated heterocycles. The van der Waals surface area contributed by atoms with Crippen molar-refractivity contribution < 1.29 is 73.3 Å². The highest BCUT2D eigenvalue weighted by Gasteiger charge is 2.33. The third kappa shape index (κ3) is 14.6. The van der Waals surface area contributed by atoms with Crippen LogP contribution in [0, 0.1) is 13.8 Å². The number of hydrogen-bond acceptors (Lipinski definition) is 12. The predicted molar refractivity (Wildman–Crippen MR) is 241 cm³/mol. The Morgan fingerprint density at radius 2 is 1.24 bits per heavy atom. The van der Waals surface area contributed by atoms with Crippen molar-refractivity contribution in [1.29, 1.82) is 0 Å². The number of para-hydroxylation sites is 2. The molecular weight excluding hydrogens is 899 g/mol. The van der Waals surface area contributed by atoms with Crippen molar-refractivity contribution in [2.45, 2.75) is 78.2 Å². The largest absolute Gasteiger partial charge is 0.422 e. The molecule has 1 aromatic heterocycles. The van der Waals surface area contributed by atoms with Crippen LogP contribution in [0.15, 0.2) is 60.7 Å². The van der Waals surface area contributed by atoms with Crippen LogP contribution in [0.2, 0.25) is 0 Å². The summed E-state index contributed by atoms with van der Waals surface area (Å²) >= 11 is 0. The van der Waals surface area contributed by atoms with E-state index in [0.29, 0.717) is 98.4 Å². The summed E-state index contributed by atoms with van der Waals surface area (Å²) in [7, 11) is -6.42. The Bertz CT molecular complexity index is 2630. The van der Waals surface area contributed by atoms with Gasteiger partial charge in [0.05, 0.1) is 54.5 Å². The number of hydroxylamine groups is 2. The Balaban J connectivity index is 1.15. The van der Waals surface area contributed by atoms with Gasteiger partial charge in [-0.2, -0.15) is 21.4 Å². The van der Waals surface area contributed by atoms with Crippen molar-refractivity contribution in [3.05, 3.63) is 82.9 Å². The number of quaternary nitrogens is 1. The number of imide groups is 1. The van der Waals surface area contributed by atoms with Crippen molar-refractivity contribution in [2.75, 3.05) is 51.3 Å². The summed E-state index contributed by atoms with van der Waals surface area (Å²) in [6.07, 6.45) is 1.32. The van der Waals surface area contributed by atoms with Crippen LogP contribution in [-0.2, 0) is 50.8 Å². The van der Waals surface area contributed by atoms with Crippen LogP contribution in [0.25, 0.3) is 21.8 Å². The van der Waals surface area contributed by atoms with Crippen molar-refractivity contribution >= 4 is 77.6 Å². The second kappa shape index (κ2) is 22.6. The van der Waals surface area contributed by atoms with Gasteiger partial charge in [0, 0.05) is 82.2 Å². The van der Waals surface area contributed by atoms with Gasteiger partial charge in [0.25, 0.3) is 38.0 Å². The lowest BCUT2D eigenvalue weighted by Gasteiger charge is -2.35. The van der Waals surface area contributed by atoms with E-state index >= 15 is 0 Å². The number of hydrogen-bond donors (Lipinski definition) is 4. The standard InChI is InChI=1S/C45H55N5O14S2/c1-31-29-33(30-32(2)43(31)63-45(56)42-34-13-4-6-15-36(34)48(23-11-27-65(57,58)59)37-16-7-5-14-35(37)42)44(55)47-22-10-25-50(3,26-12-28-66(60,61)62)24-9-21-46-38(51)17-8-18-41(54)64-49-39(52)19-20-40(49)53/h4-7,13-16,29-30H,8-12,17-28H2,1-3H3,(H2-2,46,47,51,55,57,58,59,60,61,62)/p+2. The monoisotopic (exact) mass is 955 g/mol. The third-order valence-electron chi connectivity index (χ3n) is 11.3. The van der Waals surface area contributed by atoms with E-state index in [1.807, 2.05) is 35.9 Å². The zero-order valence-corrected chi connectivity index (χ0v) is 38.9. The fourth-order valence-corrected chi connectivity index (χ4v) is 9.06. The van der Waals surface area contributed by atoms with Crippen LogP contribution in [0.4, 0.5) is 0 Å². The molecule has 0 saturated carbocycles. The summed E-state index contributed by atoms with van der Waals surface area (Å²) in [6.45, 7) is 5.77. The Labute approximate surface area is 383 Å². The maximum absolute atomic E-state index is 14.1. The van der Waals surface area contributed by atoms with Gasteiger partial charge < -0.3 is 24.7 Å². The lowest BCUT2D eigenvalue weighted by molar-refractivity contribution is -0.909. The first-order chi connectivity index (χ1) is 31.1. The summed E-state index contributed by atoms with van der Waals surface area (Å²) in [5.74, 6) is -3.79. The van der Waals surface area contributed by atoms with E-state index in [9.17, 15) is 54.7 Å². The summed E-state index contributed by atoms with van der Waals surface area (Å²) in [4.78, 5) is 80.0. The van der Waals surface area contributed by atoms with E-state index in [-0.39, 0.29) is 69.8 Å². The van der Waals surface area contributed by atoms with Crippen molar-refractivity contribution in [2.24, 2.45) is 0 Å². The number of aryl methyl sites for hydroxylation is 3. The highest BCUT2D eigenvalue weighted by atomic mass is 32.2. The van der Waals surface area contributed by atoms with Crippen molar-refractivity contribution in [3.63, 3.8) is 0 Å². The summed E-state index contributed by atoms with van der Waals surface area (Å²) in [5, 5.41) is 7.35. The zero-order chi connectivity index (χ0) is 48.2. The van der Waals surface area contributed by atoms with Crippen LogP contribution < -0.4 is 19.9 Å². The Morgan fingerprint density at radius 1 is 0.727 bits per heavy atom. The number of pyridine rings is 1. The van der Waals surface area contributed by atoms with Gasteiger partial charge in [0.1, 0.15) is 5.75 Å². The van der Waals surface area contributed by atoms with Crippen LogP contribution in [-0.4, -0.2) is 122 Å². The summed E-state index contributed by atoms with van der Waals surface area (Å²) < 4.78 is 72.8. The molecule has 1 fully saturated rings. The predicted octanol–water partition coefficient (Wildman–Crippen LogP) is 3.52. The molecule has 0 bridgehead atoms. The minimum absolute atomic E-state index is 0.0140. The van der Waals surface area contributed by atoms with Gasteiger partial charge in [0.15, 0.2) is 6.54 Å². The number of amides is 4. The van der Waals surface area contributed by atoms with Gasteiger partial charge in [-0.1, -0.05) is 24.3 Å². The average Bonchev–Trinajstić information content (AvgIpc) is 3.56. The second-order valence-electron chi connectivity index (χ2n) is 16.7. The van der Waals surface area contributed by atoms with Gasteiger partial charge in [-0.25, -0.2) is 9.59 Å². The molecule has 2 heterocycles. The lowest BCUT2D eigenvalue weighted by Crippen LogP contribution is -2.48. The zero-order valence-electron chi connectivity index (χ0n) is 37.2. The minimum atomic E-state index is -4.18. The Hall–Kier alpha value is -5.87. The normalized spacial score (nSPS) is 14.0. The highest BCUT2D eigenvalue weighted by molar-refractivity contribution is 7.86. The van der Waals surface area contributed by atoms with Gasteiger partial charge in [-0.05, 0) is 55.7 Å². The molecule has 0 aliphatic carbocycles. The third-order valence-corrected chi connectivity index (χ3v) is 12.9. The molecule has 1 aliphatic heterocycles. The van der Waals surface area contributed by atoms with E-state index in [2.05, 4.69) is 10.6 Å². The summed E-state index contributed by atoms with van der Waals surface area (Å²) in [5.41, 5.74) is 3.10. The van der Waals surface area contributed by atoms with E-state index < -0.39 is 55.5 Å². The second-order valence-corrected chi connectivity index (χ2v) is 19.8. The molecule has 0 radical (unpaired) electrons. The molecule has 1 unspecified atom stereocenters. The number of nitrogens with one attached hydrogen (secondary N) is 2. The molecule has 4 aromatic rings. The molecule has 356 valence electrons. The number of fused-ring (bicyclic) bond motifs is 2. The first-order valence-electron chi connectivity index (χ1n) is 21.7. The van der Waals surface area contributed by atoms with Gasteiger partial charge in [0.2, 0.25) is 16.9 Å². The molecule has 19 nitrogen and oxygen atoms in total. The molecule has 4 amide bonds. The van der Waals surface area contributed by atoms with Crippen LogP contribution >= 0.6 is 0 Å². The van der Waals surface area contributed by atoms with E-state index in [0.717, 1.165) is 0 Å². The summed E-state index contributed by atoms with van der Waals surface area (Å²) in [6, 6.07) is 17.7. The minimum Gasteiger partial charge on any atom is -0.422 e. The molecule has 1 atom stereocenters. The van der Waals surface area contributed by atoms with Gasteiger partial charge in [-0.3, -0.25) is 28.3 Å². The molecule has 21 heteroatoms. The molecule has 4 N–H and O–H groups in total. The van der Waals surface area contributed by atoms with Crippen LogP contribution in [0.5, 0.6) is 5.75 Å². The van der Waals surface area contributed by atoms with Gasteiger partial charge in [-0.15, -0.1) is 5.06 Å². The molecular formula is C45H57N5O14S2+2. The van der Waals surface area contributed by atoms with Crippen molar-refractivity contribution in [1.82, 2.24) is 15.7 Å². The maximum Gasteiger partial charge on any atom is 0.345 e. The highest BCUT2D eigenvalue weighted by Crippen LogP contribution is 2.30. The first-order valence-corrected chi connectivity index (χ1v) is 24.9. The number of aromatic nitrogens is 1.